The van der Waals surface area contributed by atoms with Gasteiger partial charge in [-0.15, -0.1) is 0 Å². The molecule has 3 nitrogen and oxygen atoms in total. The molecule has 0 amide bonds. The molecule has 118 valence electrons. The summed E-state index contributed by atoms with van der Waals surface area (Å²) < 4.78 is 0. The molecular weight excluding hydrogens is 258 g/mol. The number of nitrogens with zero attached hydrogens (tertiary/aromatic N) is 2. The van der Waals surface area contributed by atoms with Crippen molar-refractivity contribution >= 4 is 5.82 Å². The first-order chi connectivity index (χ1) is 9.74. The van der Waals surface area contributed by atoms with Crippen LogP contribution in [0.2, 0.25) is 0 Å². The molecule has 2 rings (SSSR count). The van der Waals surface area contributed by atoms with E-state index in [1.807, 2.05) is 0 Å². The molecule has 1 aliphatic rings. The fourth-order valence-corrected chi connectivity index (χ4v) is 2.53. The van der Waals surface area contributed by atoms with Gasteiger partial charge in [0.2, 0.25) is 0 Å². The zero-order valence-corrected chi connectivity index (χ0v) is 14.5. The van der Waals surface area contributed by atoms with Crippen LogP contribution in [0.3, 0.4) is 0 Å². The van der Waals surface area contributed by atoms with Crippen LogP contribution in [-0.2, 0) is 6.54 Å². The fraction of sp³-hybridized carbons (Fsp3) is 0.722. The second-order valence-corrected chi connectivity index (χ2v) is 7.99. The van der Waals surface area contributed by atoms with Crippen molar-refractivity contribution in [3.8, 4) is 0 Å². The van der Waals surface area contributed by atoms with Crippen LogP contribution in [0, 0.1) is 5.41 Å². The van der Waals surface area contributed by atoms with Crippen molar-refractivity contribution in [3.63, 3.8) is 0 Å². The van der Waals surface area contributed by atoms with Crippen LogP contribution in [0.5, 0.6) is 0 Å². The Bertz CT molecular complexity index is 470. The fourth-order valence-electron chi connectivity index (χ4n) is 2.53. The molecule has 21 heavy (non-hydrogen) atoms. The van der Waals surface area contributed by atoms with Crippen molar-refractivity contribution in [3.05, 3.63) is 23.4 Å². The second kappa shape index (κ2) is 6.35. The molecule has 0 atom stereocenters. The maximum atomic E-state index is 4.86. The van der Waals surface area contributed by atoms with Gasteiger partial charge in [-0.05, 0) is 41.9 Å². The van der Waals surface area contributed by atoms with Crippen LogP contribution < -0.4 is 10.2 Å². The van der Waals surface area contributed by atoms with Gasteiger partial charge in [-0.2, -0.15) is 0 Å². The van der Waals surface area contributed by atoms with Gasteiger partial charge in [0.25, 0.3) is 0 Å². The molecule has 3 heteroatoms. The zero-order valence-electron chi connectivity index (χ0n) is 14.5. The summed E-state index contributed by atoms with van der Waals surface area (Å²) in [4.78, 5) is 7.14. The Balaban J connectivity index is 2.17. The van der Waals surface area contributed by atoms with Crippen LogP contribution in [0.15, 0.2) is 12.1 Å². The minimum Gasteiger partial charge on any atom is -0.359 e. The smallest absolute Gasteiger partial charge is 0.128 e. The third-order valence-electron chi connectivity index (χ3n) is 3.76. The Kier molecular flexibility index (Phi) is 4.92. The van der Waals surface area contributed by atoms with Gasteiger partial charge in [0, 0.05) is 31.9 Å². The molecule has 0 aliphatic heterocycles. The van der Waals surface area contributed by atoms with Crippen molar-refractivity contribution in [2.75, 3.05) is 18.5 Å². The summed E-state index contributed by atoms with van der Waals surface area (Å²) in [6.45, 7) is 13.2. The van der Waals surface area contributed by atoms with Gasteiger partial charge >= 0.3 is 0 Å². The average molecular weight is 289 g/mol. The monoisotopic (exact) mass is 289 g/mol. The molecule has 0 spiro atoms. The maximum absolute atomic E-state index is 4.86. The van der Waals surface area contributed by atoms with Crippen LogP contribution in [-0.4, -0.2) is 24.6 Å². The van der Waals surface area contributed by atoms with Crippen LogP contribution in [0.25, 0.3) is 0 Å². The largest absolute Gasteiger partial charge is 0.359 e. The topological polar surface area (TPSA) is 28.2 Å². The molecule has 0 radical (unpaired) electrons. The predicted molar refractivity (Wildman–Crippen MR) is 90.9 cm³/mol. The first kappa shape index (κ1) is 16.3. The molecule has 1 aliphatic carbocycles. The highest BCUT2D eigenvalue weighted by Gasteiger charge is 2.21. The van der Waals surface area contributed by atoms with E-state index < -0.39 is 0 Å². The van der Waals surface area contributed by atoms with Crippen LogP contribution >= 0.6 is 0 Å². The normalized spacial score (nSPS) is 15.6. The number of nitrogens with one attached hydrogen (secondary N) is 1. The first-order valence-corrected chi connectivity index (χ1v) is 8.20. The minimum atomic E-state index is 0.274. The number of hydrogen-bond acceptors (Lipinski definition) is 3. The van der Waals surface area contributed by atoms with Gasteiger partial charge < -0.3 is 10.2 Å². The lowest BCUT2D eigenvalue weighted by Crippen LogP contribution is -2.30. The molecular formula is C18H31N3. The summed E-state index contributed by atoms with van der Waals surface area (Å²) >= 11 is 0. The van der Waals surface area contributed by atoms with Gasteiger partial charge in [-0.1, -0.05) is 34.6 Å². The van der Waals surface area contributed by atoms with Gasteiger partial charge in [0.15, 0.2) is 0 Å². The van der Waals surface area contributed by atoms with E-state index in [1.54, 1.807) is 0 Å². The summed E-state index contributed by atoms with van der Waals surface area (Å²) in [5.74, 6) is 1.57. The Morgan fingerprint density at radius 2 is 1.95 bits per heavy atom. The van der Waals surface area contributed by atoms with Crippen LogP contribution in [0.1, 0.15) is 64.6 Å². The van der Waals surface area contributed by atoms with Gasteiger partial charge in [-0.25, -0.2) is 4.98 Å². The number of anilines is 1. The third-order valence-corrected chi connectivity index (χ3v) is 3.76. The highest BCUT2D eigenvalue weighted by Crippen LogP contribution is 2.24. The molecule has 0 bridgehead atoms. The lowest BCUT2D eigenvalue weighted by Gasteiger charge is -2.28. The number of hydrogen-bond donors (Lipinski definition) is 1. The van der Waals surface area contributed by atoms with E-state index in [1.165, 1.54) is 24.1 Å². The summed E-state index contributed by atoms with van der Waals surface area (Å²) in [6.07, 6.45) is 2.66. The van der Waals surface area contributed by atoms with Crippen molar-refractivity contribution in [1.82, 2.24) is 10.3 Å². The van der Waals surface area contributed by atoms with Crippen molar-refractivity contribution in [2.24, 2.45) is 5.41 Å². The highest BCUT2D eigenvalue weighted by atomic mass is 15.2. The predicted octanol–water partition coefficient (Wildman–Crippen LogP) is 3.94. The van der Waals surface area contributed by atoms with Gasteiger partial charge in [0.1, 0.15) is 5.82 Å². The van der Waals surface area contributed by atoms with E-state index in [-0.39, 0.29) is 5.41 Å². The van der Waals surface area contributed by atoms with E-state index in [9.17, 15) is 0 Å². The van der Waals surface area contributed by atoms with E-state index in [4.69, 9.17) is 4.98 Å². The quantitative estimate of drug-likeness (QED) is 0.860. The van der Waals surface area contributed by atoms with Gasteiger partial charge in [0.05, 0.1) is 0 Å². The molecule has 0 saturated heterocycles. The Morgan fingerprint density at radius 3 is 2.48 bits per heavy atom. The van der Waals surface area contributed by atoms with E-state index in [0.29, 0.717) is 5.92 Å². The van der Waals surface area contributed by atoms with E-state index in [0.717, 1.165) is 24.9 Å². The molecule has 0 unspecified atom stereocenters. The number of aromatic nitrogens is 1. The van der Waals surface area contributed by atoms with Crippen LogP contribution in [0.4, 0.5) is 5.82 Å². The molecule has 1 aromatic rings. The average Bonchev–Trinajstić information content (AvgIpc) is 3.18. The Morgan fingerprint density at radius 1 is 1.29 bits per heavy atom. The standard InChI is InChI=1S/C18H31N3/c1-13(2)16-9-14(11-19-15-7-8-15)10-17(20-16)21(6)12-18(3,4)5/h9-10,13,15,19H,7-8,11-12H2,1-6H3. The summed E-state index contributed by atoms with van der Waals surface area (Å²) in [7, 11) is 2.15. The summed E-state index contributed by atoms with van der Waals surface area (Å²) in [5.41, 5.74) is 2.83. The van der Waals surface area contributed by atoms with E-state index >= 15 is 0 Å². The first-order valence-electron chi connectivity index (χ1n) is 8.20. The third kappa shape index (κ3) is 5.31. The second-order valence-electron chi connectivity index (χ2n) is 7.99. The van der Waals surface area contributed by atoms with Crippen molar-refractivity contribution in [2.45, 2.75) is 66.0 Å². The molecule has 1 saturated carbocycles. The SMILES string of the molecule is CC(C)c1cc(CNC2CC2)cc(N(C)CC(C)(C)C)n1. The minimum absolute atomic E-state index is 0.274. The lowest BCUT2D eigenvalue weighted by atomic mass is 9.96. The number of pyridine rings is 1. The molecule has 1 N–H and O–H groups in total. The van der Waals surface area contributed by atoms with Crippen molar-refractivity contribution < 1.29 is 0 Å². The van der Waals surface area contributed by atoms with E-state index in [2.05, 4.69) is 64.0 Å². The maximum Gasteiger partial charge on any atom is 0.128 e. The van der Waals surface area contributed by atoms with Gasteiger partial charge in [-0.3, -0.25) is 0 Å². The lowest BCUT2D eigenvalue weighted by molar-refractivity contribution is 0.417. The highest BCUT2D eigenvalue weighted by molar-refractivity contribution is 5.43. The molecule has 0 aromatic carbocycles. The summed E-state index contributed by atoms with van der Waals surface area (Å²) in [6, 6.07) is 5.25. The molecule has 1 aromatic heterocycles. The van der Waals surface area contributed by atoms with Crippen molar-refractivity contribution in [1.29, 1.82) is 0 Å². The molecule has 1 heterocycles. The number of rotatable bonds is 6. The Labute approximate surface area is 130 Å². The Hall–Kier alpha value is -1.09. The summed E-state index contributed by atoms with van der Waals surface area (Å²) in [5, 5.41) is 3.61. The molecule has 1 fully saturated rings. The zero-order chi connectivity index (χ0) is 15.6.